The number of carbonyl (C=O) groups is 3. The molecular weight excluding hydrogens is 360 g/mol. The smallest absolute Gasteiger partial charge is 0.343 e. The molecule has 1 heterocycles. The van der Waals surface area contributed by atoms with Crippen LogP contribution >= 0.6 is 0 Å². The molecule has 0 spiro atoms. The van der Waals surface area contributed by atoms with E-state index in [1.54, 1.807) is 13.0 Å². The zero-order valence-corrected chi connectivity index (χ0v) is 16.5. The van der Waals surface area contributed by atoms with Crippen LogP contribution in [0.25, 0.3) is 0 Å². The Hall–Kier alpha value is -3.15. The van der Waals surface area contributed by atoms with E-state index >= 15 is 0 Å². The van der Waals surface area contributed by atoms with E-state index in [0.29, 0.717) is 28.2 Å². The highest BCUT2D eigenvalue weighted by Gasteiger charge is 2.37. The summed E-state index contributed by atoms with van der Waals surface area (Å²) in [6.45, 7) is 7.58. The van der Waals surface area contributed by atoms with Crippen LogP contribution in [0.4, 0.5) is 0 Å². The van der Waals surface area contributed by atoms with Crippen molar-refractivity contribution < 1.29 is 28.6 Å². The number of hydrogen-bond donors (Lipinski definition) is 0. The number of methoxy groups -OCH3 is 1. The van der Waals surface area contributed by atoms with Crippen LogP contribution in [0.1, 0.15) is 57.7 Å². The van der Waals surface area contributed by atoms with Crippen LogP contribution in [-0.2, 0) is 14.9 Å². The van der Waals surface area contributed by atoms with Crippen molar-refractivity contribution >= 4 is 17.9 Å². The Balaban J connectivity index is 1.94. The average Bonchev–Trinajstić information content (AvgIpc) is 2.62. The molecule has 6 nitrogen and oxygen atoms in total. The zero-order valence-electron chi connectivity index (χ0n) is 16.5. The van der Waals surface area contributed by atoms with Crippen LogP contribution in [0.2, 0.25) is 0 Å². The number of fused-ring (bicyclic) bond motifs is 1. The van der Waals surface area contributed by atoms with E-state index in [1.807, 2.05) is 20.8 Å². The zero-order chi connectivity index (χ0) is 20.6. The molecule has 0 amide bonds. The third-order valence-electron chi connectivity index (χ3n) is 4.89. The maximum Gasteiger partial charge on any atom is 0.343 e. The molecule has 0 aliphatic carbocycles. The fourth-order valence-corrected chi connectivity index (χ4v) is 3.63. The van der Waals surface area contributed by atoms with Gasteiger partial charge in [-0.3, -0.25) is 4.79 Å². The van der Waals surface area contributed by atoms with Gasteiger partial charge < -0.3 is 14.2 Å². The molecule has 1 aliphatic rings. The molecule has 2 aromatic carbocycles. The second-order valence-electron chi connectivity index (χ2n) is 7.51. The minimum atomic E-state index is -0.534. The van der Waals surface area contributed by atoms with Gasteiger partial charge in [-0.2, -0.15) is 0 Å². The van der Waals surface area contributed by atoms with Gasteiger partial charge in [0.05, 0.1) is 24.7 Å². The maximum atomic E-state index is 12.6. The normalized spacial score (nSPS) is 14.7. The Morgan fingerprint density at radius 1 is 1.04 bits per heavy atom. The summed E-state index contributed by atoms with van der Waals surface area (Å²) in [7, 11) is 1.30. The van der Waals surface area contributed by atoms with Gasteiger partial charge in [0.1, 0.15) is 11.5 Å². The summed E-state index contributed by atoms with van der Waals surface area (Å²) >= 11 is 0. The summed E-state index contributed by atoms with van der Waals surface area (Å²) in [6.07, 6.45) is 0.256. The first-order valence-corrected chi connectivity index (χ1v) is 8.90. The number of rotatable bonds is 3. The molecular formula is C22H22O6. The first kappa shape index (κ1) is 19.6. The largest absolute Gasteiger partial charge is 0.465 e. The summed E-state index contributed by atoms with van der Waals surface area (Å²) < 4.78 is 15.7. The van der Waals surface area contributed by atoms with Crippen LogP contribution in [0.5, 0.6) is 11.5 Å². The van der Waals surface area contributed by atoms with Gasteiger partial charge in [0.25, 0.3) is 0 Å². The lowest BCUT2D eigenvalue weighted by Crippen LogP contribution is -2.32. The van der Waals surface area contributed by atoms with Gasteiger partial charge in [-0.1, -0.05) is 13.8 Å². The van der Waals surface area contributed by atoms with Crippen molar-refractivity contribution in [2.24, 2.45) is 0 Å². The van der Waals surface area contributed by atoms with Crippen molar-refractivity contribution in [1.29, 1.82) is 0 Å². The maximum absolute atomic E-state index is 12.6. The van der Waals surface area contributed by atoms with Crippen LogP contribution in [0.15, 0.2) is 30.3 Å². The molecule has 0 saturated carbocycles. The van der Waals surface area contributed by atoms with Crippen molar-refractivity contribution in [3.63, 3.8) is 0 Å². The lowest BCUT2D eigenvalue weighted by Gasteiger charge is -2.33. The minimum absolute atomic E-state index is 0.256. The second kappa shape index (κ2) is 7.11. The third-order valence-corrected chi connectivity index (χ3v) is 4.89. The fraction of sp³-hybridized carbons (Fsp3) is 0.318. The third kappa shape index (κ3) is 3.50. The predicted molar refractivity (Wildman–Crippen MR) is 102 cm³/mol. The summed E-state index contributed by atoms with van der Waals surface area (Å²) in [6, 6.07) is 7.78. The molecule has 0 aromatic heterocycles. The highest BCUT2D eigenvalue weighted by atomic mass is 16.5. The molecule has 2 aromatic rings. The van der Waals surface area contributed by atoms with Gasteiger partial charge in [0.2, 0.25) is 0 Å². The SMILES string of the molecule is COC(=O)c1ccc(C(=O)Oc2c(C)cc3c(c2C)C(C)(C)CC(=O)O3)cc1. The number of carbonyl (C=O) groups excluding carboxylic acids is 3. The van der Waals surface area contributed by atoms with Gasteiger partial charge in [-0.05, 0) is 55.3 Å². The predicted octanol–water partition coefficient (Wildman–Crippen LogP) is 3.90. The molecule has 6 heteroatoms. The standard InChI is InChI=1S/C22H22O6/c1-12-10-16-18(22(3,4)11-17(23)27-16)13(2)19(12)28-21(25)15-8-6-14(7-9-15)20(24)26-5/h6-10H,11H2,1-5H3. The lowest BCUT2D eigenvalue weighted by molar-refractivity contribution is -0.137. The second-order valence-corrected chi connectivity index (χ2v) is 7.51. The molecule has 0 fully saturated rings. The molecule has 28 heavy (non-hydrogen) atoms. The summed E-state index contributed by atoms with van der Waals surface area (Å²) in [5.41, 5.74) is 2.57. The van der Waals surface area contributed by atoms with E-state index in [0.717, 1.165) is 11.1 Å². The van der Waals surface area contributed by atoms with E-state index < -0.39 is 17.4 Å². The van der Waals surface area contributed by atoms with Gasteiger partial charge in [0, 0.05) is 11.0 Å². The van der Waals surface area contributed by atoms with E-state index in [9.17, 15) is 14.4 Å². The average molecular weight is 382 g/mol. The van der Waals surface area contributed by atoms with E-state index in [1.165, 1.54) is 31.4 Å². The molecule has 3 rings (SSSR count). The number of esters is 3. The number of ether oxygens (including phenoxy) is 3. The van der Waals surface area contributed by atoms with Crippen molar-refractivity contribution in [1.82, 2.24) is 0 Å². The Labute approximate surface area is 163 Å². The Morgan fingerprint density at radius 2 is 1.61 bits per heavy atom. The molecule has 0 unspecified atom stereocenters. The van der Waals surface area contributed by atoms with Gasteiger partial charge in [0.15, 0.2) is 0 Å². The van der Waals surface area contributed by atoms with Gasteiger partial charge in [-0.25, -0.2) is 9.59 Å². The molecule has 1 aliphatic heterocycles. The molecule has 146 valence electrons. The van der Waals surface area contributed by atoms with Crippen molar-refractivity contribution in [3.05, 3.63) is 58.1 Å². The Bertz CT molecular complexity index is 970. The summed E-state index contributed by atoms with van der Waals surface area (Å²) in [5.74, 6) is -0.316. The number of aryl methyl sites for hydroxylation is 1. The van der Waals surface area contributed by atoms with Gasteiger partial charge in [-0.15, -0.1) is 0 Å². The topological polar surface area (TPSA) is 78.9 Å². The quantitative estimate of drug-likeness (QED) is 0.592. The molecule has 0 radical (unpaired) electrons. The number of benzene rings is 2. The number of hydrogen-bond acceptors (Lipinski definition) is 6. The monoisotopic (exact) mass is 382 g/mol. The lowest BCUT2D eigenvalue weighted by atomic mass is 9.76. The Morgan fingerprint density at radius 3 is 2.18 bits per heavy atom. The minimum Gasteiger partial charge on any atom is -0.465 e. The molecule has 0 bridgehead atoms. The highest BCUT2D eigenvalue weighted by Crippen LogP contribution is 2.45. The van der Waals surface area contributed by atoms with E-state index in [2.05, 4.69) is 4.74 Å². The molecule has 0 N–H and O–H groups in total. The van der Waals surface area contributed by atoms with Crippen molar-refractivity contribution in [2.45, 2.75) is 39.5 Å². The first-order valence-electron chi connectivity index (χ1n) is 8.90. The van der Waals surface area contributed by atoms with Crippen LogP contribution < -0.4 is 9.47 Å². The van der Waals surface area contributed by atoms with Crippen LogP contribution in [-0.4, -0.2) is 25.0 Å². The van der Waals surface area contributed by atoms with Crippen LogP contribution in [0, 0.1) is 13.8 Å². The van der Waals surface area contributed by atoms with Crippen LogP contribution in [0.3, 0.4) is 0 Å². The summed E-state index contributed by atoms with van der Waals surface area (Å²) in [5, 5.41) is 0. The first-order chi connectivity index (χ1) is 13.1. The van der Waals surface area contributed by atoms with E-state index in [4.69, 9.17) is 9.47 Å². The molecule has 0 atom stereocenters. The Kier molecular flexibility index (Phi) is 4.98. The van der Waals surface area contributed by atoms with Gasteiger partial charge >= 0.3 is 17.9 Å². The molecule has 0 saturated heterocycles. The van der Waals surface area contributed by atoms with Crippen molar-refractivity contribution in [3.8, 4) is 11.5 Å². The van der Waals surface area contributed by atoms with Crippen molar-refractivity contribution in [2.75, 3.05) is 7.11 Å². The van der Waals surface area contributed by atoms with E-state index in [-0.39, 0.29) is 12.4 Å². The highest BCUT2D eigenvalue weighted by molar-refractivity contribution is 5.94. The summed E-state index contributed by atoms with van der Waals surface area (Å²) in [4.78, 5) is 36.0. The fourth-order valence-electron chi connectivity index (χ4n) is 3.63.